The van der Waals surface area contributed by atoms with Crippen LogP contribution >= 0.6 is 0 Å². The first-order chi connectivity index (χ1) is 12.0. The van der Waals surface area contributed by atoms with Crippen LogP contribution in [0.15, 0.2) is 24.3 Å². The molecular weight excluding hydrogens is 318 g/mol. The number of aromatic nitrogens is 6. The first-order valence-electron chi connectivity index (χ1n) is 8.24. The van der Waals surface area contributed by atoms with E-state index in [9.17, 15) is 4.79 Å². The van der Waals surface area contributed by atoms with Crippen LogP contribution in [-0.4, -0.2) is 35.9 Å². The number of nitrogens with zero attached hydrogens (tertiary/aromatic N) is 6. The maximum Gasteiger partial charge on any atom is 0.259 e. The summed E-state index contributed by atoms with van der Waals surface area (Å²) in [5.41, 5.74) is 3.75. The Morgan fingerprint density at radius 2 is 2.08 bits per heavy atom. The molecule has 0 saturated heterocycles. The zero-order valence-electron chi connectivity index (χ0n) is 14.4. The van der Waals surface area contributed by atoms with E-state index in [0.717, 1.165) is 29.9 Å². The molecule has 1 aromatic carbocycles. The molecular formula is C17H19N7O. The van der Waals surface area contributed by atoms with Gasteiger partial charge in [0.25, 0.3) is 5.91 Å². The number of hydrogen-bond donors (Lipinski definition) is 1. The van der Waals surface area contributed by atoms with Gasteiger partial charge in [0.15, 0.2) is 5.82 Å². The topological polar surface area (TPSA) is 90.5 Å². The fourth-order valence-electron chi connectivity index (χ4n) is 2.98. The number of anilines is 1. The number of nitrogens with one attached hydrogen (secondary N) is 1. The molecule has 0 atom stereocenters. The Kier molecular flexibility index (Phi) is 3.60. The largest absolute Gasteiger partial charge is 0.322 e. The molecule has 1 amide bonds. The van der Waals surface area contributed by atoms with Gasteiger partial charge in [-0.3, -0.25) is 9.48 Å². The fraction of sp³-hybridized carbons (Fsp3) is 0.353. The highest BCUT2D eigenvalue weighted by atomic mass is 16.1. The molecule has 25 heavy (non-hydrogen) atoms. The SMILES string of the molecule is Cc1nn(C)c(C)c1C(=O)Nc1cccc(-c2nnnn2C2CC2)c1. The number of tetrazole rings is 1. The van der Waals surface area contributed by atoms with Gasteiger partial charge in [-0.15, -0.1) is 5.10 Å². The third kappa shape index (κ3) is 2.79. The Hall–Kier alpha value is -3.03. The molecule has 0 spiro atoms. The normalized spacial score (nSPS) is 13.9. The van der Waals surface area contributed by atoms with Crippen molar-refractivity contribution >= 4 is 11.6 Å². The van der Waals surface area contributed by atoms with Crippen molar-refractivity contribution < 1.29 is 4.79 Å². The molecule has 3 aromatic rings. The van der Waals surface area contributed by atoms with E-state index < -0.39 is 0 Å². The molecule has 8 nitrogen and oxygen atoms in total. The number of amides is 1. The first-order valence-corrected chi connectivity index (χ1v) is 8.24. The average molecular weight is 337 g/mol. The predicted molar refractivity (Wildman–Crippen MR) is 92.2 cm³/mol. The van der Waals surface area contributed by atoms with Crippen molar-refractivity contribution in [3.63, 3.8) is 0 Å². The van der Waals surface area contributed by atoms with Crippen LogP contribution in [0.1, 0.15) is 40.6 Å². The number of carbonyl (C=O) groups is 1. The van der Waals surface area contributed by atoms with Gasteiger partial charge in [-0.05, 0) is 49.2 Å². The second-order valence-electron chi connectivity index (χ2n) is 6.38. The van der Waals surface area contributed by atoms with E-state index in [1.54, 1.807) is 4.68 Å². The van der Waals surface area contributed by atoms with E-state index in [1.165, 1.54) is 0 Å². The Bertz CT molecular complexity index is 952. The summed E-state index contributed by atoms with van der Waals surface area (Å²) in [4.78, 5) is 12.6. The Balaban J connectivity index is 1.61. The van der Waals surface area contributed by atoms with Gasteiger partial charge in [-0.1, -0.05) is 12.1 Å². The van der Waals surface area contributed by atoms with Crippen molar-refractivity contribution in [1.29, 1.82) is 0 Å². The summed E-state index contributed by atoms with van der Waals surface area (Å²) < 4.78 is 3.57. The van der Waals surface area contributed by atoms with E-state index in [4.69, 9.17) is 0 Å². The van der Waals surface area contributed by atoms with Crippen LogP contribution in [0.25, 0.3) is 11.4 Å². The van der Waals surface area contributed by atoms with Crippen molar-refractivity contribution in [1.82, 2.24) is 30.0 Å². The summed E-state index contributed by atoms with van der Waals surface area (Å²) in [6, 6.07) is 7.97. The average Bonchev–Trinajstić information content (AvgIpc) is 3.24. The molecule has 2 aromatic heterocycles. The zero-order valence-corrected chi connectivity index (χ0v) is 14.4. The van der Waals surface area contributed by atoms with Crippen LogP contribution in [0, 0.1) is 13.8 Å². The van der Waals surface area contributed by atoms with Crippen LogP contribution in [0.2, 0.25) is 0 Å². The predicted octanol–water partition coefficient (Wildman–Crippen LogP) is 2.28. The lowest BCUT2D eigenvalue weighted by Crippen LogP contribution is -2.14. The van der Waals surface area contributed by atoms with Gasteiger partial charge < -0.3 is 5.32 Å². The minimum atomic E-state index is -0.165. The smallest absolute Gasteiger partial charge is 0.259 e. The molecule has 1 fully saturated rings. The second kappa shape index (κ2) is 5.80. The van der Waals surface area contributed by atoms with E-state index in [2.05, 4.69) is 25.9 Å². The molecule has 0 radical (unpaired) electrons. The highest BCUT2D eigenvalue weighted by Gasteiger charge is 2.28. The van der Waals surface area contributed by atoms with Crippen molar-refractivity contribution in [2.75, 3.05) is 5.32 Å². The summed E-state index contributed by atoms with van der Waals surface area (Å²) in [6.45, 7) is 3.72. The standard InChI is InChI=1S/C17H19N7O/c1-10-15(11(2)23(3)20-10)17(25)18-13-6-4-5-12(9-13)16-19-21-22-24(16)14-7-8-14/h4-6,9,14H,7-8H2,1-3H3,(H,18,25). The molecule has 8 heteroatoms. The summed E-state index contributed by atoms with van der Waals surface area (Å²) in [5.74, 6) is 0.564. The second-order valence-corrected chi connectivity index (χ2v) is 6.38. The zero-order chi connectivity index (χ0) is 17.6. The number of rotatable bonds is 4. The minimum absolute atomic E-state index is 0.165. The molecule has 0 unspecified atom stereocenters. The number of hydrogen-bond acceptors (Lipinski definition) is 5. The third-order valence-electron chi connectivity index (χ3n) is 4.50. The summed E-state index contributed by atoms with van der Waals surface area (Å²) in [7, 11) is 1.83. The van der Waals surface area contributed by atoms with Crippen LogP contribution < -0.4 is 5.32 Å². The molecule has 128 valence electrons. The van der Waals surface area contributed by atoms with Gasteiger partial charge in [0.05, 0.1) is 17.3 Å². The summed E-state index contributed by atoms with van der Waals surface area (Å²) in [6.07, 6.45) is 2.21. The van der Waals surface area contributed by atoms with Gasteiger partial charge in [0.1, 0.15) is 0 Å². The number of aryl methyl sites for hydroxylation is 2. The first kappa shape index (κ1) is 15.5. The fourth-order valence-corrected chi connectivity index (χ4v) is 2.98. The quantitative estimate of drug-likeness (QED) is 0.789. The van der Waals surface area contributed by atoms with Gasteiger partial charge in [-0.25, -0.2) is 4.68 Å². The third-order valence-corrected chi connectivity index (χ3v) is 4.50. The van der Waals surface area contributed by atoms with Crippen molar-refractivity contribution in [2.24, 2.45) is 7.05 Å². The van der Waals surface area contributed by atoms with Gasteiger partial charge >= 0.3 is 0 Å². The van der Waals surface area contributed by atoms with E-state index in [0.29, 0.717) is 23.0 Å². The lowest BCUT2D eigenvalue weighted by atomic mass is 10.1. The summed E-state index contributed by atoms with van der Waals surface area (Å²) >= 11 is 0. The van der Waals surface area contributed by atoms with Crippen LogP contribution in [0.4, 0.5) is 5.69 Å². The summed E-state index contributed by atoms with van der Waals surface area (Å²) in [5, 5.41) is 19.2. The van der Waals surface area contributed by atoms with E-state index in [-0.39, 0.29) is 5.91 Å². The highest BCUT2D eigenvalue weighted by Crippen LogP contribution is 2.36. The van der Waals surface area contributed by atoms with Crippen molar-refractivity contribution in [3.05, 3.63) is 41.2 Å². The number of benzene rings is 1. The van der Waals surface area contributed by atoms with E-state index in [1.807, 2.05) is 49.8 Å². The van der Waals surface area contributed by atoms with Crippen molar-refractivity contribution in [3.8, 4) is 11.4 Å². The van der Waals surface area contributed by atoms with Crippen LogP contribution in [-0.2, 0) is 7.05 Å². The molecule has 0 bridgehead atoms. The molecule has 1 saturated carbocycles. The molecule has 1 N–H and O–H groups in total. The Labute approximate surface area is 144 Å². The number of carbonyl (C=O) groups excluding carboxylic acids is 1. The maximum absolute atomic E-state index is 12.6. The molecule has 0 aliphatic heterocycles. The Morgan fingerprint density at radius 1 is 1.28 bits per heavy atom. The van der Waals surface area contributed by atoms with Crippen molar-refractivity contribution in [2.45, 2.75) is 32.7 Å². The molecule has 1 aliphatic carbocycles. The monoisotopic (exact) mass is 337 g/mol. The van der Waals surface area contributed by atoms with E-state index >= 15 is 0 Å². The highest BCUT2D eigenvalue weighted by molar-refractivity contribution is 6.06. The lowest BCUT2D eigenvalue weighted by molar-refractivity contribution is 0.102. The van der Waals surface area contributed by atoms with Gasteiger partial charge in [0.2, 0.25) is 0 Å². The minimum Gasteiger partial charge on any atom is -0.322 e. The molecule has 4 rings (SSSR count). The van der Waals surface area contributed by atoms with Crippen LogP contribution in [0.5, 0.6) is 0 Å². The van der Waals surface area contributed by atoms with Gasteiger partial charge in [0, 0.05) is 24.0 Å². The van der Waals surface area contributed by atoms with Gasteiger partial charge in [-0.2, -0.15) is 5.10 Å². The lowest BCUT2D eigenvalue weighted by Gasteiger charge is -2.08. The van der Waals surface area contributed by atoms with Crippen LogP contribution in [0.3, 0.4) is 0 Å². The maximum atomic E-state index is 12.6. The molecule has 1 aliphatic rings. The Morgan fingerprint density at radius 3 is 2.76 bits per heavy atom. The molecule has 2 heterocycles.